The minimum Gasteiger partial charge on any atom is -0.382 e. The van der Waals surface area contributed by atoms with Crippen LogP contribution in [0.2, 0.25) is 0 Å². The lowest BCUT2D eigenvalue weighted by Gasteiger charge is -2.49. The summed E-state index contributed by atoms with van der Waals surface area (Å²) < 4.78 is 10.6. The lowest BCUT2D eigenvalue weighted by atomic mass is 9.87. The highest BCUT2D eigenvalue weighted by atomic mass is 16.5. The van der Waals surface area contributed by atoms with Crippen LogP contribution in [0.25, 0.3) is 0 Å². The highest BCUT2D eigenvalue weighted by Gasteiger charge is 2.48. The molecule has 2 fully saturated rings. The molecule has 1 aliphatic carbocycles. The van der Waals surface area contributed by atoms with E-state index in [1.165, 1.54) is 19.4 Å². The second-order valence-electron chi connectivity index (χ2n) is 7.27. The van der Waals surface area contributed by atoms with Crippen LogP contribution in [0.1, 0.15) is 40.0 Å². The monoisotopic (exact) mass is 298 g/mol. The van der Waals surface area contributed by atoms with Crippen molar-refractivity contribution < 1.29 is 9.47 Å². The Labute approximate surface area is 130 Å². The fraction of sp³-hybridized carbons (Fsp3) is 1.00. The van der Waals surface area contributed by atoms with Gasteiger partial charge in [-0.3, -0.25) is 4.90 Å². The van der Waals surface area contributed by atoms with E-state index in [-0.39, 0.29) is 0 Å². The molecule has 4 heteroatoms. The minimum atomic E-state index is 0.359. The van der Waals surface area contributed by atoms with Gasteiger partial charge in [0.15, 0.2) is 0 Å². The Balaban J connectivity index is 1.79. The molecule has 1 N–H and O–H groups in total. The summed E-state index contributed by atoms with van der Waals surface area (Å²) in [4.78, 5) is 2.74. The summed E-state index contributed by atoms with van der Waals surface area (Å²) in [6.45, 7) is 12.8. The van der Waals surface area contributed by atoms with Crippen molar-refractivity contribution in [3.8, 4) is 0 Å². The topological polar surface area (TPSA) is 33.7 Å². The molecule has 124 valence electrons. The van der Waals surface area contributed by atoms with Crippen LogP contribution in [0.4, 0.5) is 0 Å². The Morgan fingerprint density at radius 2 is 2.00 bits per heavy atom. The molecule has 2 rings (SSSR count). The molecule has 0 aromatic heterocycles. The largest absolute Gasteiger partial charge is 0.382 e. The van der Waals surface area contributed by atoms with Gasteiger partial charge in [-0.15, -0.1) is 0 Å². The third kappa shape index (κ3) is 4.65. The summed E-state index contributed by atoms with van der Waals surface area (Å²) in [7, 11) is 1.72. The fourth-order valence-corrected chi connectivity index (χ4v) is 3.46. The number of piperazine rings is 1. The van der Waals surface area contributed by atoms with Crippen molar-refractivity contribution in [3.05, 3.63) is 0 Å². The van der Waals surface area contributed by atoms with E-state index in [0.717, 1.165) is 32.0 Å². The first-order valence-electron chi connectivity index (χ1n) is 8.63. The minimum absolute atomic E-state index is 0.359. The predicted octanol–water partition coefficient (Wildman–Crippen LogP) is 2.14. The van der Waals surface area contributed by atoms with Crippen LogP contribution >= 0.6 is 0 Å². The van der Waals surface area contributed by atoms with Gasteiger partial charge >= 0.3 is 0 Å². The second kappa shape index (κ2) is 7.91. The van der Waals surface area contributed by atoms with Crippen molar-refractivity contribution in [2.24, 2.45) is 11.8 Å². The molecule has 0 aromatic rings. The number of rotatable bonds is 9. The van der Waals surface area contributed by atoms with E-state index in [9.17, 15) is 0 Å². The number of methoxy groups -OCH3 is 1. The molecule has 21 heavy (non-hydrogen) atoms. The molecule has 1 heterocycles. The molecule has 0 spiro atoms. The maximum atomic E-state index is 5.62. The maximum Gasteiger partial charge on any atom is 0.0700 e. The Morgan fingerprint density at radius 1 is 1.24 bits per heavy atom. The van der Waals surface area contributed by atoms with Crippen molar-refractivity contribution in [2.45, 2.75) is 51.6 Å². The zero-order valence-electron chi connectivity index (χ0n) is 14.4. The second-order valence-corrected chi connectivity index (χ2v) is 7.27. The SMILES string of the molecule is COCCOCCCN1CC(C(C)C)NCC1(C)C1CC1. The summed E-state index contributed by atoms with van der Waals surface area (Å²) in [5, 5.41) is 3.79. The summed E-state index contributed by atoms with van der Waals surface area (Å²) >= 11 is 0. The van der Waals surface area contributed by atoms with E-state index < -0.39 is 0 Å². The summed E-state index contributed by atoms with van der Waals surface area (Å²) in [6.07, 6.45) is 3.94. The molecule has 1 saturated heterocycles. The molecule has 0 bridgehead atoms. The quantitative estimate of drug-likeness (QED) is 0.661. The van der Waals surface area contributed by atoms with Crippen LogP contribution in [0.5, 0.6) is 0 Å². The smallest absolute Gasteiger partial charge is 0.0700 e. The van der Waals surface area contributed by atoms with Crippen molar-refractivity contribution >= 4 is 0 Å². The van der Waals surface area contributed by atoms with Gasteiger partial charge in [0.1, 0.15) is 0 Å². The van der Waals surface area contributed by atoms with Crippen molar-refractivity contribution in [3.63, 3.8) is 0 Å². The molecule has 2 unspecified atom stereocenters. The number of hydrogen-bond acceptors (Lipinski definition) is 4. The Kier molecular flexibility index (Phi) is 6.48. The zero-order chi connectivity index (χ0) is 15.3. The Hall–Kier alpha value is -0.160. The van der Waals surface area contributed by atoms with Crippen LogP contribution < -0.4 is 5.32 Å². The van der Waals surface area contributed by atoms with Gasteiger partial charge in [-0.05, 0) is 38.0 Å². The highest BCUT2D eigenvalue weighted by Crippen LogP contribution is 2.44. The molecule has 0 amide bonds. The first kappa shape index (κ1) is 17.2. The van der Waals surface area contributed by atoms with Gasteiger partial charge in [-0.2, -0.15) is 0 Å². The number of nitrogens with zero attached hydrogens (tertiary/aromatic N) is 1. The van der Waals surface area contributed by atoms with E-state index in [1.807, 2.05) is 0 Å². The Bertz CT molecular complexity index is 307. The molecule has 2 atom stereocenters. The van der Waals surface area contributed by atoms with Gasteiger partial charge in [0, 0.05) is 44.9 Å². The van der Waals surface area contributed by atoms with Gasteiger partial charge in [-0.1, -0.05) is 13.8 Å². The van der Waals surface area contributed by atoms with Crippen molar-refractivity contribution in [1.29, 1.82) is 0 Å². The normalized spacial score (nSPS) is 31.0. The first-order valence-corrected chi connectivity index (χ1v) is 8.63. The number of ether oxygens (including phenoxy) is 2. The van der Waals surface area contributed by atoms with E-state index >= 15 is 0 Å². The van der Waals surface area contributed by atoms with Crippen LogP contribution in [-0.4, -0.2) is 63.0 Å². The summed E-state index contributed by atoms with van der Waals surface area (Å²) in [5.74, 6) is 1.60. The molecule has 0 radical (unpaired) electrons. The van der Waals surface area contributed by atoms with E-state index in [2.05, 4.69) is 31.0 Å². The van der Waals surface area contributed by atoms with Gasteiger partial charge in [0.25, 0.3) is 0 Å². The van der Waals surface area contributed by atoms with Crippen LogP contribution in [0.3, 0.4) is 0 Å². The van der Waals surface area contributed by atoms with Gasteiger partial charge in [0.05, 0.1) is 13.2 Å². The molecular formula is C17H34N2O2. The van der Waals surface area contributed by atoms with Gasteiger partial charge in [0.2, 0.25) is 0 Å². The lowest BCUT2D eigenvalue weighted by Crippen LogP contribution is -2.65. The average molecular weight is 298 g/mol. The fourth-order valence-electron chi connectivity index (χ4n) is 3.46. The Morgan fingerprint density at radius 3 is 2.62 bits per heavy atom. The summed E-state index contributed by atoms with van der Waals surface area (Å²) in [6, 6.07) is 0.631. The molecule has 1 saturated carbocycles. The summed E-state index contributed by atoms with van der Waals surface area (Å²) in [5.41, 5.74) is 0.359. The van der Waals surface area contributed by atoms with Crippen LogP contribution in [0, 0.1) is 11.8 Å². The molecule has 0 aromatic carbocycles. The molecule has 2 aliphatic rings. The highest BCUT2D eigenvalue weighted by molar-refractivity contribution is 5.05. The number of nitrogens with one attached hydrogen (secondary N) is 1. The third-order valence-corrected chi connectivity index (χ3v) is 5.27. The zero-order valence-corrected chi connectivity index (χ0v) is 14.4. The molecular weight excluding hydrogens is 264 g/mol. The number of hydrogen-bond donors (Lipinski definition) is 1. The average Bonchev–Trinajstić information content (AvgIpc) is 3.29. The predicted molar refractivity (Wildman–Crippen MR) is 86.6 cm³/mol. The standard InChI is InChI=1S/C17H34N2O2/c1-14(2)16-12-19(8-5-9-21-11-10-20-4)17(3,13-18-16)15-6-7-15/h14-16,18H,5-13H2,1-4H3. The molecule has 4 nitrogen and oxygen atoms in total. The lowest BCUT2D eigenvalue weighted by molar-refractivity contribution is 0.0127. The van der Waals surface area contributed by atoms with Gasteiger partial charge in [-0.25, -0.2) is 0 Å². The maximum absolute atomic E-state index is 5.62. The van der Waals surface area contributed by atoms with Crippen LogP contribution in [-0.2, 0) is 9.47 Å². The van der Waals surface area contributed by atoms with E-state index in [0.29, 0.717) is 30.7 Å². The van der Waals surface area contributed by atoms with Gasteiger partial charge < -0.3 is 14.8 Å². The first-order chi connectivity index (χ1) is 10.1. The van der Waals surface area contributed by atoms with E-state index in [4.69, 9.17) is 9.47 Å². The molecule has 1 aliphatic heterocycles. The van der Waals surface area contributed by atoms with Crippen LogP contribution in [0.15, 0.2) is 0 Å². The van der Waals surface area contributed by atoms with Crippen molar-refractivity contribution in [1.82, 2.24) is 10.2 Å². The van der Waals surface area contributed by atoms with E-state index in [1.54, 1.807) is 7.11 Å². The third-order valence-electron chi connectivity index (χ3n) is 5.27. The van der Waals surface area contributed by atoms with Crippen molar-refractivity contribution in [2.75, 3.05) is 46.6 Å².